The third-order valence-electron chi connectivity index (χ3n) is 3.43. The summed E-state index contributed by atoms with van der Waals surface area (Å²) in [5.41, 5.74) is -0.838. The lowest BCUT2D eigenvalue weighted by atomic mass is 10.1. The average Bonchev–Trinajstić information content (AvgIpc) is 2.42. The summed E-state index contributed by atoms with van der Waals surface area (Å²) in [5.74, 6) is -0.925. The Balaban J connectivity index is 2.82. The maximum atomic E-state index is 12.0. The number of H-pyrrole nitrogens is 1. The van der Waals surface area contributed by atoms with Gasteiger partial charge in [-0.15, -0.1) is 0 Å². The van der Waals surface area contributed by atoms with E-state index in [-0.39, 0.29) is 17.0 Å². The van der Waals surface area contributed by atoms with Gasteiger partial charge in [-0.25, -0.2) is 4.79 Å². The Kier molecular flexibility index (Phi) is 3.74. The number of benzene rings is 1. The SMILES string of the molecule is CCC(C)Cn1c(=O)c(=O)[nH]c2c(C(=O)O)cccc21. The Morgan fingerprint density at radius 1 is 1.40 bits per heavy atom. The molecular formula is C14H16N2O4. The van der Waals surface area contributed by atoms with Crippen LogP contribution in [-0.4, -0.2) is 20.6 Å². The molecule has 6 heteroatoms. The second kappa shape index (κ2) is 5.32. The molecule has 1 aromatic carbocycles. The van der Waals surface area contributed by atoms with Crippen LogP contribution in [0, 0.1) is 5.92 Å². The van der Waals surface area contributed by atoms with Crippen LogP contribution in [0.4, 0.5) is 0 Å². The predicted octanol–water partition coefficient (Wildman–Crippen LogP) is 1.43. The highest BCUT2D eigenvalue weighted by Gasteiger charge is 2.15. The van der Waals surface area contributed by atoms with Gasteiger partial charge in [0.2, 0.25) is 0 Å². The van der Waals surface area contributed by atoms with Crippen LogP contribution in [0.3, 0.4) is 0 Å². The zero-order valence-corrected chi connectivity index (χ0v) is 11.3. The molecule has 20 heavy (non-hydrogen) atoms. The lowest BCUT2D eigenvalue weighted by Crippen LogP contribution is -2.37. The minimum atomic E-state index is -1.14. The van der Waals surface area contributed by atoms with E-state index in [9.17, 15) is 14.4 Å². The van der Waals surface area contributed by atoms with Crippen LogP contribution < -0.4 is 11.1 Å². The fourth-order valence-electron chi connectivity index (χ4n) is 2.10. The average molecular weight is 276 g/mol. The van der Waals surface area contributed by atoms with Gasteiger partial charge in [0.25, 0.3) is 0 Å². The van der Waals surface area contributed by atoms with Gasteiger partial charge >= 0.3 is 17.1 Å². The number of nitrogens with one attached hydrogen (secondary N) is 1. The Bertz CT molecular complexity index is 773. The molecule has 0 saturated carbocycles. The quantitative estimate of drug-likeness (QED) is 0.826. The molecular weight excluding hydrogens is 260 g/mol. The topological polar surface area (TPSA) is 92.2 Å². The molecule has 0 spiro atoms. The van der Waals surface area contributed by atoms with Crippen LogP contribution in [-0.2, 0) is 6.54 Å². The third-order valence-corrected chi connectivity index (χ3v) is 3.43. The molecule has 6 nitrogen and oxygen atoms in total. The number of aromatic nitrogens is 2. The van der Waals surface area contributed by atoms with E-state index < -0.39 is 17.1 Å². The van der Waals surface area contributed by atoms with Crippen LogP contribution >= 0.6 is 0 Å². The summed E-state index contributed by atoms with van der Waals surface area (Å²) in [6, 6.07) is 4.61. The van der Waals surface area contributed by atoms with Crippen molar-refractivity contribution in [1.82, 2.24) is 9.55 Å². The summed E-state index contributed by atoms with van der Waals surface area (Å²) in [5, 5.41) is 9.15. The van der Waals surface area contributed by atoms with Gasteiger partial charge in [0.05, 0.1) is 16.6 Å². The van der Waals surface area contributed by atoms with E-state index in [1.54, 1.807) is 12.1 Å². The minimum Gasteiger partial charge on any atom is -0.478 e. The Morgan fingerprint density at radius 2 is 2.10 bits per heavy atom. The zero-order chi connectivity index (χ0) is 14.9. The van der Waals surface area contributed by atoms with Crippen molar-refractivity contribution in [2.75, 3.05) is 0 Å². The van der Waals surface area contributed by atoms with Crippen molar-refractivity contribution >= 4 is 17.0 Å². The Morgan fingerprint density at radius 3 is 2.70 bits per heavy atom. The number of fused-ring (bicyclic) bond motifs is 1. The monoisotopic (exact) mass is 276 g/mol. The standard InChI is InChI=1S/C14H16N2O4/c1-3-8(2)7-16-10-6-4-5-9(14(19)20)11(10)15-12(17)13(16)18/h4-6,8H,3,7H2,1-2H3,(H,15,17)(H,19,20). The summed E-state index contributed by atoms with van der Waals surface area (Å²) in [6.45, 7) is 4.35. The molecule has 0 bridgehead atoms. The number of hydrogen-bond donors (Lipinski definition) is 2. The van der Waals surface area contributed by atoms with E-state index in [2.05, 4.69) is 4.98 Å². The molecule has 0 aliphatic rings. The molecule has 0 fully saturated rings. The van der Waals surface area contributed by atoms with Crippen molar-refractivity contribution in [3.63, 3.8) is 0 Å². The van der Waals surface area contributed by atoms with Crippen LogP contribution in [0.1, 0.15) is 30.6 Å². The van der Waals surface area contributed by atoms with Crippen LogP contribution in [0.25, 0.3) is 11.0 Å². The maximum Gasteiger partial charge on any atom is 0.337 e. The van der Waals surface area contributed by atoms with Crippen molar-refractivity contribution in [3.8, 4) is 0 Å². The molecule has 1 heterocycles. The second-order valence-corrected chi connectivity index (χ2v) is 4.89. The van der Waals surface area contributed by atoms with E-state index in [1.807, 2.05) is 13.8 Å². The van der Waals surface area contributed by atoms with Crippen molar-refractivity contribution < 1.29 is 9.90 Å². The zero-order valence-electron chi connectivity index (χ0n) is 11.3. The number of hydrogen-bond acceptors (Lipinski definition) is 3. The molecule has 2 rings (SSSR count). The number of carbonyl (C=O) groups is 1. The first kappa shape index (κ1) is 14.0. The molecule has 0 aliphatic carbocycles. The highest BCUT2D eigenvalue weighted by molar-refractivity contribution is 6.00. The van der Waals surface area contributed by atoms with E-state index in [0.717, 1.165) is 6.42 Å². The summed E-state index contributed by atoms with van der Waals surface area (Å²) >= 11 is 0. The molecule has 0 saturated heterocycles. The summed E-state index contributed by atoms with van der Waals surface area (Å²) < 4.78 is 1.36. The summed E-state index contributed by atoms with van der Waals surface area (Å²) in [7, 11) is 0. The van der Waals surface area contributed by atoms with Gasteiger partial charge in [0, 0.05) is 6.54 Å². The lowest BCUT2D eigenvalue weighted by molar-refractivity contribution is 0.0699. The molecule has 1 atom stereocenters. The van der Waals surface area contributed by atoms with Crippen molar-refractivity contribution in [2.45, 2.75) is 26.8 Å². The molecule has 0 amide bonds. The summed E-state index contributed by atoms with van der Waals surface area (Å²) in [6.07, 6.45) is 0.860. The molecule has 1 aromatic heterocycles. The molecule has 106 valence electrons. The molecule has 0 aliphatic heterocycles. The highest BCUT2D eigenvalue weighted by Crippen LogP contribution is 2.15. The fraction of sp³-hybridized carbons (Fsp3) is 0.357. The number of para-hydroxylation sites is 1. The largest absolute Gasteiger partial charge is 0.478 e. The van der Waals surface area contributed by atoms with E-state index in [4.69, 9.17) is 5.11 Å². The van der Waals surface area contributed by atoms with Gasteiger partial charge in [-0.2, -0.15) is 0 Å². The Hall–Kier alpha value is -2.37. The highest BCUT2D eigenvalue weighted by atomic mass is 16.4. The first-order valence-corrected chi connectivity index (χ1v) is 6.44. The van der Waals surface area contributed by atoms with Crippen molar-refractivity contribution in [3.05, 3.63) is 44.5 Å². The van der Waals surface area contributed by atoms with Gasteiger partial charge in [-0.3, -0.25) is 9.59 Å². The molecule has 1 unspecified atom stereocenters. The Labute approximate surface area is 114 Å². The van der Waals surface area contributed by atoms with E-state index in [1.165, 1.54) is 10.6 Å². The predicted molar refractivity (Wildman–Crippen MR) is 75.2 cm³/mol. The number of aromatic carboxylic acids is 1. The smallest absolute Gasteiger partial charge is 0.337 e. The number of aromatic amines is 1. The van der Waals surface area contributed by atoms with Gasteiger partial charge in [0.15, 0.2) is 0 Å². The maximum absolute atomic E-state index is 12.0. The van der Waals surface area contributed by atoms with Crippen LogP contribution in [0.5, 0.6) is 0 Å². The first-order valence-electron chi connectivity index (χ1n) is 6.44. The van der Waals surface area contributed by atoms with E-state index in [0.29, 0.717) is 12.1 Å². The lowest BCUT2D eigenvalue weighted by Gasteiger charge is -2.14. The number of nitrogens with zero attached hydrogens (tertiary/aromatic N) is 1. The first-order chi connectivity index (χ1) is 9.45. The van der Waals surface area contributed by atoms with Gasteiger partial charge in [-0.1, -0.05) is 26.3 Å². The van der Waals surface area contributed by atoms with E-state index >= 15 is 0 Å². The van der Waals surface area contributed by atoms with Gasteiger partial charge < -0.3 is 14.7 Å². The molecule has 0 radical (unpaired) electrons. The normalized spacial score (nSPS) is 12.5. The third kappa shape index (κ3) is 2.36. The number of carboxylic acids is 1. The van der Waals surface area contributed by atoms with Gasteiger partial charge in [0.1, 0.15) is 0 Å². The fourth-order valence-corrected chi connectivity index (χ4v) is 2.10. The van der Waals surface area contributed by atoms with Crippen LogP contribution in [0.2, 0.25) is 0 Å². The van der Waals surface area contributed by atoms with Crippen LogP contribution in [0.15, 0.2) is 27.8 Å². The van der Waals surface area contributed by atoms with Crippen molar-refractivity contribution in [1.29, 1.82) is 0 Å². The van der Waals surface area contributed by atoms with Crippen molar-refractivity contribution in [2.24, 2.45) is 5.92 Å². The van der Waals surface area contributed by atoms with Gasteiger partial charge in [-0.05, 0) is 18.1 Å². The number of carboxylic acid groups (broad SMARTS) is 1. The minimum absolute atomic E-state index is 0.0162. The molecule has 2 N–H and O–H groups in total. The summed E-state index contributed by atoms with van der Waals surface area (Å²) in [4.78, 5) is 37.3. The molecule has 2 aromatic rings. The second-order valence-electron chi connectivity index (χ2n) is 4.89. The number of rotatable bonds is 4.